The van der Waals surface area contributed by atoms with Crippen LogP contribution in [0.4, 0.5) is 0 Å². The fourth-order valence-electron chi connectivity index (χ4n) is 5.88. The second-order valence-corrected chi connectivity index (χ2v) is 8.41. The van der Waals surface area contributed by atoms with Gasteiger partial charge in [-0.25, -0.2) is 0 Å². The largest absolute Gasteiger partial charge is 0.491 e. The highest BCUT2D eigenvalue weighted by Crippen LogP contribution is 2.62. The van der Waals surface area contributed by atoms with Crippen molar-refractivity contribution >= 4 is 15.9 Å². The minimum Gasteiger partial charge on any atom is -0.491 e. The van der Waals surface area contributed by atoms with E-state index >= 15 is 0 Å². The molecule has 1 aromatic rings. The molecule has 5 rings (SSSR count). The van der Waals surface area contributed by atoms with E-state index < -0.39 is 0 Å². The summed E-state index contributed by atoms with van der Waals surface area (Å²) in [5.41, 5.74) is 2.22. The van der Waals surface area contributed by atoms with Crippen molar-refractivity contribution < 1.29 is 14.2 Å². The molecular weight excluding hydrogens is 368 g/mol. The molecule has 4 bridgehead atoms. The molecule has 0 radical (unpaired) electrons. The SMILES string of the molecule is COCCOc1ccc(OCBr)cc1C12CC3CC(CC(C3)C1)C2. The second kappa shape index (κ2) is 6.87. The molecule has 0 amide bonds. The topological polar surface area (TPSA) is 27.7 Å². The van der Waals surface area contributed by atoms with Crippen LogP contribution < -0.4 is 9.47 Å². The lowest BCUT2D eigenvalue weighted by Crippen LogP contribution is -2.48. The minimum absolute atomic E-state index is 0.308. The van der Waals surface area contributed by atoms with Crippen LogP contribution in [0.15, 0.2) is 18.2 Å². The van der Waals surface area contributed by atoms with Gasteiger partial charge in [0.2, 0.25) is 0 Å². The first-order chi connectivity index (χ1) is 11.7. The van der Waals surface area contributed by atoms with Crippen molar-refractivity contribution in [3.63, 3.8) is 0 Å². The van der Waals surface area contributed by atoms with Crippen molar-refractivity contribution in [2.24, 2.45) is 17.8 Å². The smallest absolute Gasteiger partial charge is 0.143 e. The third-order valence-electron chi connectivity index (χ3n) is 6.33. The molecule has 0 aromatic heterocycles. The first-order valence-electron chi connectivity index (χ1n) is 9.17. The zero-order valence-corrected chi connectivity index (χ0v) is 16.0. The summed E-state index contributed by atoms with van der Waals surface area (Å²) in [6.45, 7) is 1.23. The first kappa shape index (κ1) is 16.7. The average Bonchev–Trinajstić information content (AvgIpc) is 2.55. The quantitative estimate of drug-likeness (QED) is 0.485. The highest BCUT2D eigenvalue weighted by molar-refractivity contribution is 9.09. The molecule has 4 saturated carbocycles. The Hall–Kier alpha value is -0.740. The van der Waals surface area contributed by atoms with E-state index in [0.29, 0.717) is 24.1 Å². The third-order valence-corrected chi connectivity index (χ3v) is 6.56. The first-order valence-corrected chi connectivity index (χ1v) is 10.3. The molecule has 24 heavy (non-hydrogen) atoms. The Morgan fingerprint density at radius 2 is 1.67 bits per heavy atom. The summed E-state index contributed by atoms with van der Waals surface area (Å²) in [6, 6.07) is 6.37. The van der Waals surface area contributed by atoms with E-state index in [1.807, 2.05) is 6.07 Å². The number of methoxy groups -OCH3 is 1. The van der Waals surface area contributed by atoms with Crippen LogP contribution >= 0.6 is 15.9 Å². The van der Waals surface area contributed by atoms with Gasteiger partial charge >= 0.3 is 0 Å². The molecule has 0 spiro atoms. The van der Waals surface area contributed by atoms with Gasteiger partial charge < -0.3 is 14.2 Å². The molecule has 4 aliphatic carbocycles. The number of ether oxygens (including phenoxy) is 3. The van der Waals surface area contributed by atoms with Gasteiger partial charge in [-0.2, -0.15) is 0 Å². The normalized spacial score (nSPS) is 33.7. The molecule has 4 heteroatoms. The summed E-state index contributed by atoms with van der Waals surface area (Å²) in [6.07, 6.45) is 8.36. The lowest BCUT2D eigenvalue weighted by atomic mass is 9.48. The molecule has 132 valence electrons. The van der Waals surface area contributed by atoms with Gasteiger partial charge in [0.1, 0.15) is 23.6 Å². The van der Waals surface area contributed by atoms with Crippen LogP contribution in [0.1, 0.15) is 44.1 Å². The molecule has 0 saturated heterocycles. The summed E-state index contributed by atoms with van der Waals surface area (Å²) < 4.78 is 17.0. The molecule has 0 unspecified atom stereocenters. The van der Waals surface area contributed by atoms with Crippen LogP contribution in [-0.2, 0) is 10.2 Å². The second-order valence-electron chi connectivity index (χ2n) is 7.95. The van der Waals surface area contributed by atoms with Crippen molar-refractivity contribution in [1.29, 1.82) is 0 Å². The lowest BCUT2D eigenvalue weighted by Gasteiger charge is -2.57. The van der Waals surface area contributed by atoms with E-state index in [9.17, 15) is 0 Å². The van der Waals surface area contributed by atoms with Crippen LogP contribution in [0.5, 0.6) is 11.5 Å². The maximum absolute atomic E-state index is 6.11. The molecule has 1 aromatic carbocycles. The van der Waals surface area contributed by atoms with Crippen molar-refractivity contribution in [3.8, 4) is 11.5 Å². The van der Waals surface area contributed by atoms with Crippen molar-refractivity contribution in [2.75, 3.05) is 25.8 Å². The monoisotopic (exact) mass is 394 g/mol. The minimum atomic E-state index is 0.308. The molecule has 0 atom stereocenters. The maximum Gasteiger partial charge on any atom is 0.143 e. The highest BCUT2D eigenvalue weighted by atomic mass is 79.9. The van der Waals surface area contributed by atoms with Crippen LogP contribution in [0.25, 0.3) is 0 Å². The Morgan fingerprint density at radius 3 is 2.25 bits per heavy atom. The zero-order valence-electron chi connectivity index (χ0n) is 14.4. The van der Waals surface area contributed by atoms with Crippen molar-refractivity contribution in [2.45, 2.75) is 43.9 Å². The zero-order chi connectivity index (χ0) is 16.6. The van der Waals surface area contributed by atoms with E-state index in [1.54, 1.807) is 7.11 Å². The Labute approximate surface area is 153 Å². The number of halogens is 1. The maximum atomic E-state index is 6.11. The van der Waals surface area contributed by atoms with E-state index in [1.165, 1.54) is 44.1 Å². The molecule has 4 aliphatic rings. The van der Waals surface area contributed by atoms with Crippen LogP contribution in [0.3, 0.4) is 0 Å². The lowest BCUT2D eigenvalue weighted by molar-refractivity contribution is -0.00669. The van der Waals surface area contributed by atoms with Gasteiger partial charge in [0.05, 0.1) is 6.61 Å². The van der Waals surface area contributed by atoms with Gasteiger partial charge in [0.25, 0.3) is 0 Å². The van der Waals surface area contributed by atoms with Crippen molar-refractivity contribution in [3.05, 3.63) is 23.8 Å². The molecular formula is C20H27BrO3. The third kappa shape index (κ3) is 3.08. The predicted molar refractivity (Wildman–Crippen MR) is 98.1 cm³/mol. The number of benzene rings is 1. The summed E-state index contributed by atoms with van der Waals surface area (Å²) in [4.78, 5) is 0. The van der Waals surface area contributed by atoms with Crippen molar-refractivity contribution in [1.82, 2.24) is 0 Å². The standard InChI is InChI=1S/C20H27BrO3/c1-22-4-5-23-19-3-2-17(24-13-21)9-18(19)20-10-14-6-15(11-20)8-16(7-14)12-20/h2-3,9,14-16H,4-8,10-13H2,1H3. The van der Waals surface area contributed by atoms with Gasteiger partial charge in [0, 0.05) is 12.7 Å². The molecule has 4 fully saturated rings. The van der Waals surface area contributed by atoms with Gasteiger partial charge in [-0.1, -0.05) is 0 Å². The Morgan fingerprint density at radius 1 is 1.00 bits per heavy atom. The van der Waals surface area contributed by atoms with E-state index in [4.69, 9.17) is 14.2 Å². The Kier molecular flexibility index (Phi) is 4.79. The fraction of sp³-hybridized carbons (Fsp3) is 0.700. The van der Waals surface area contributed by atoms with Gasteiger partial charge in [0.15, 0.2) is 0 Å². The highest BCUT2D eigenvalue weighted by Gasteiger charge is 2.52. The van der Waals surface area contributed by atoms with Crippen LogP contribution in [0.2, 0.25) is 0 Å². The summed E-state index contributed by atoms with van der Waals surface area (Å²) >= 11 is 3.37. The molecule has 3 nitrogen and oxygen atoms in total. The predicted octanol–water partition coefficient (Wildman–Crippen LogP) is 4.91. The van der Waals surface area contributed by atoms with E-state index in [0.717, 1.165) is 29.3 Å². The number of hydrogen-bond donors (Lipinski definition) is 0. The molecule has 0 N–H and O–H groups in total. The van der Waals surface area contributed by atoms with Crippen LogP contribution in [-0.4, -0.2) is 25.8 Å². The van der Waals surface area contributed by atoms with Gasteiger partial charge in [-0.05, 0) is 95.8 Å². The summed E-state index contributed by atoms with van der Waals surface area (Å²) in [5.74, 6) is 4.74. The Balaban J connectivity index is 1.67. The molecule has 0 aliphatic heterocycles. The number of alkyl halides is 1. The van der Waals surface area contributed by atoms with E-state index in [2.05, 4.69) is 28.1 Å². The Bertz CT molecular complexity index is 551. The van der Waals surface area contributed by atoms with E-state index in [-0.39, 0.29) is 0 Å². The average molecular weight is 395 g/mol. The van der Waals surface area contributed by atoms with Gasteiger partial charge in [-0.15, -0.1) is 0 Å². The summed E-state index contributed by atoms with van der Waals surface area (Å²) in [7, 11) is 1.72. The van der Waals surface area contributed by atoms with Gasteiger partial charge in [-0.3, -0.25) is 0 Å². The molecule has 0 heterocycles. The fourth-order valence-corrected chi connectivity index (χ4v) is 6.14. The number of hydrogen-bond acceptors (Lipinski definition) is 3. The summed E-state index contributed by atoms with van der Waals surface area (Å²) in [5, 5.41) is 0. The van der Waals surface area contributed by atoms with Crippen LogP contribution in [0, 0.1) is 17.8 Å². The number of rotatable bonds is 7.